The molecule has 0 bridgehead atoms. The van der Waals surface area contributed by atoms with E-state index in [1.54, 1.807) is 11.8 Å². The number of H-pyrrole nitrogens is 1. The van der Waals surface area contributed by atoms with Gasteiger partial charge in [-0.15, -0.1) is 5.10 Å². The van der Waals surface area contributed by atoms with Crippen LogP contribution in [0.5, 0.6) is 0 Å². The third kappa shape index (κ3) is 4.90. The fraction of sp³-hybridized carbons (Fsp3) is 0.500. The molecule has 2 aromatic rings. The van der Waals surface area contributed by atoms with Crippen LogP contribution in [0.25, 0.3) is 0 Å². The predicted octanol–water partition coefficient (Wildman–Crippen LogP) is 4.43. The highest BCUT2D eigenvalue weighted by molar-refractivity contribution is 7.99. The van der Waals surface area contributed by atoms with Gasteiger partial charge in [0.1, 0.15) is 11.6 Å². The van der Waals surface area contributed by atoms with Crippen LogP contribution in [0, 0.1) is 11.7 Å². The highest BCUT2D eigenvalue weighted by atomic mass is 32.2. The molecule has 1 aromatic carbocycles. The number of halogens is 1. The third-order valence-corrected chi connectivity index (χ3v) is 5.35. The fourth-order valence-electron chi connectivity index (χ4n) is 3.10. The predicted molar refractivity (Wildman–Crippen MR) is 92.7 cm³/mol. The summed E-state index contributed by atoms with van der Waals surface area (Å²) < 4.78 is 12.8. The van der Waals surface area contributed by atoms with E-state index in [0.717, 1.165) is 35.5 Å². The van der Waals surface area contributed by atoms with Crippen LogP contribution >= 0.6 is 11.8 Å². The monoisotopic (exact) mass is 347 g/mol. The molecule has 0 atom stereocenters. The Hall–Kier alpha value is -1.69. The van der Waals surface area contributed by atoms with Crippen molar-refractivity contribution in [3.63, 3.8) is 0 Å². The molecule has 0 saturated heterocycles. The van der Waals surface area contributed by atoms with Gasteiger partial charge >= 0.3 is 0 Å². The number of hydrogen-bond donors (Lipinski definition) is 1. The molecule has 1 fully saturated rings. The van der Waals surface area contributed by atoms with Crippen LogP contribution in [0.2, 0.25) is 0 Å². The van der Waals surface area contributed by atoms with E-state index in [1.807, 2.05) is 0 Å². The second-order valence-electron chi connectivity index (χ2n) is 6.30. The molecule has 1 aliphatic carbocycles. The van der Waals surface area contributed by atoms with Gasteiger partial charge in [0.25, 0.3) is 0 Å². The van der Waals surface area contributed by atoms with Crippen molar-refractivity contribution in [2.45, 2.75) is 50.1 Å². The van der Waals surface area contributed by atoms with E-state index in [1.165, 1.54) is 49.9 Å². The van der Waals surface area contributed by atoms with Gasteiger partial charge in [-0.1, -0.05) is 37.4 Å². The maximum absolute atomic E-state index is 12.8. The number of hydrogen-bond acceptors (Lipinski definition) is 4. The average molecular weight is 347 g/mol. The smallest absolute Gasteiger partial charge is 0.208 e. The van der Waals surface area contributed by atoms with Gasteiger partial charge in [0.2, 0.25) is 5.16 Å². The molecule has 6 heteroatoms. The van der Waals surface area contributed by atoms with E-state index >= 15 is 0 Å². The fourth-order valence-corrected chi connectivity index (χ4v) is 3.85. The normalized spacial score (nSPS) is 15.0. The summed E-state index contributed by atoms with van der Waals surface area (Å²) in [7, 11) is 0. The molecule has 0 radical (unpaired) electrons. The van der Waals surface area contributed by atoms with Crippen molar-refractivity contribution in [3.8, 4) is 0 Å². The number of ketones is 1. The van der Waals surface area contributed by atoms with Gasteiger partial charge in [-0.25, -0.2) is 9.37 Å². The number of carbonyl (C=O) groups is 1. The Labute approximate surface area is 145 Å². The van der Waals surface area contributed by atoms with Crippen molar-refractivity contribution in [2.24, 2.45) is 5.92 Å². The van der Waals surface area contributed by atoms with Crippen LogP contribution in [0.3, 0.4) is 0 Å². The number of aromatic nitrogens is 3. The van der Waals surface area contributed by atoms with Crippen LogP contribution in [-0.2, 0) is 6.42 Å². The molecule has 0 spiro atoms. The van der Waals surface area contributed by atoms with Crippen molar-refractivity contribution >= 4 is 17.5 Å². The van der Waals surface area contributed by atoms with E-state index in [-0.39, 0.29) is 11.6 Å². The topological polar surface area (TPSA) is 58.6 Å². The molecular weight excluding hydrogens is 325 g/mol. The minimum absolute atomic E-state index is 0.0486. The summed E-state index contributed by atoms with van der Waals surface area (Å²) in [6.45, 7) is 0. The molecule has 0 unspecified atom stereocenters. The van der Waals surface area contributed by atoms with Gasteiger partial charge in [-0.3, -0.25) is 9.89 Å². The summed E-state index contributed by atoms with van der Waals surface area (Å²) in [4.78, 5) is 16.5. The van der Waals surface area contributed by atoms with Crippen LogP contribution in [0.1, 0.15) is 54.7 Å². The minimum Gasteiger partial charge on any atom is -0.294 e. The Morgan fingerprint density at radius 2 is 2.00 bits per heavy atom. The largest absolute Gasteiger partial charge is 0.294 e. The van der Waals surface area contributed by atoms with Crippen molar-refractivity contribution in [1.29, 1.82) is 0 Å². The number of nitrogens with one attached hydrogen (secondary N) is 1. The molecule has 1 N–H and O–H groups in total. The van der Waals surface area contributed by atoms with E-state index in [2.05, 4.69) is 15.2 Å². The molecule has 24 heavy (non-hydrogen) atoms. The molecule has 0 amide bonds. The zero-order valence-corrected chi connectivity index (χ0v) is 14.4. The third-order valence-electron chi connectivity index (χ3n) is 4.41. The van der Waals surface area contributed by atoms with E-state index in [9.17, 15) is 9.18 Å². The Bertz CT molecular complexity index is 665. The molecule has 1 heterocycles. The lowest BCUT2D eigenvalue weighted by atomic mass is 10.0. The van der Waals surface area contributed by atoms with Crippen molar-refractivity contribution < 1.29 is 9.18 Å². The molecule has 1 aromatic heterocycles. The quantitative estimate of drug-likeness (QED) is 0.436. The van der Waals surface area contributed by atoms with E-state index < -0.39 is 0 Å². The van der Waals surface area contributed by atoms with Crippen LogP contribution < -0.4 is 0 Å². The number of nitrogens with zero attached hydrogens (tertiary/aromatic N) is 2. The Morgan fingerprint density at radius 3 is 2.75 bits per heavy atom. The molecular formula is C18H22FN3OS. The Kier molecular flexibility index (Phi) is 6.01. The molecule has 3 rings (SSSR count). The molecule has 0 aliphatic heterocycles. The zero-order chi connectivity index (χ0) is 16.8. The SMILES string of the molecule is O=C(CCCSc1n[nH]c(CC2CCCC2)n1)c1ccc(F)cc1. The van der Waals surface area contributed by atoms with Crippen molar-refractivity contribution in [3.05, 3.63) is 41.5 Å². The molecule has 4 nitrogen and oxygen atoms in total. The second-order valence-corrected chi connectivity index (χ2v) is 7.36. The average Bonchev–Trinajstić information content (AvgIpc) is 3.24. The van der Waals surface area contributed by atoms with Gasteiger partial charge in [0, 0.05) is 24.2 Å². The molecule has 1 saturated carbocycles. The summed E-state index contributed by atoms with van der Waals surface area (Å²) in [6.07, 6.45) is 7.48. The summed E-state index contributed by atoms with van der Waals surface area (Å²) in [5.74, 6) is 2.26. The number of rotatable bonds is 8. The Morgan fingerprint density at radius 1 is 1.25 bits per heavy atom. The van der Waals surface area contributed by atoms with Crippen LogP contribution in [0.15, 0.2) is 29.4 Å². The second kappa shape index (κ2) is 8.42. The number of Topliss-reactive ketones (excluding diaryl/α,β-unsaturated/α-hetero) is 1. The number of carbonyl (C=O) groups excluding carboxylic acids is 1. The van der Waals surface area contributed by atoms with Gasteiger partial charge in [0.05, 0.1) is 0 Å². The Balaban J connectivity index is 1.38. The number of aromatic amines is 1. The maximum Gasteiger partial charge on any atom is 0.208 e. The first-order valence-electron chi connectivity index (χ1n) is 8.53. The summed E-state index contributed by atoms with van der Waals surface area (Å²) in [5.41, 5.74) is 0.568. The number of benzene rings is 1. The first-order chi connectivity index (χ1) is 11.7. The first-order valence-corrected chi connectivity index (χ1v) is 9.52. The number of thioether (sulfide) groups is 1. The van der Waals surface area contributed by atoms with Gasteiger partial charge in [-0.2, -0.15) is 0 Å². The van der Waals surface area contributed by atoms with Crippen molar-refractivity contribution in [1.82, 2.24) is 15.2 Å². The van der Waals surface area contributed by atoms with Gasteiger partial charge in [-0.05, 0) is 36.6 Å². The van der Waals surface area contributed by atoms with Crippen LogP contribution in [0.4, 0.5) is 4.39 Å². The first kappa shape index (κ1) is 17.1. The van der Waals surface area contributed by atoms with E-state index in [4.69, 9.17) is 0 Å². The van der Waals surface area contributed by atoms with Crippen LogP contribution in [-0.4, -0.2) is 26.7 Å². The van der Waals surface area contributed by atoms with Gasteiger partial charge in [0.15, 0.2) is 5.78 Å². The van der Waals surface area contributed by atoms with Crippen molar-refractivity contribution in [2.75, 3.05) is 5.75 Å². The summed E-state index contributed by atoms with van der Waals surface area (Å²) in [6, 6.07) is 5.72. The summed E-state index contributed by atoms with van der Waals surface area (Å²) in [5, 5.41) is 8.03. The minimum atomic E-state index is -0.319. The molecule has 1 aliphatic rings. The molecule has 128 valence electrons. The standard InChI is InChI=1S/C18H22FN3OS/c19-15-9-7-14(8-10-15)16(23)6-3-11-24-18-20-17(21-22-18)12-13-4-1-2-5-13/h7-10,13H,1-6,11-12H2,(H,20,21,22). The lowest BCUT2D eigenvalue weighted by Gasteiger charge is -2.04. The van der Waals surface area contributed by atoms with E-state index in [0.29, 0.717) is 12.0 Å². The highest BCUT2D eigenvalue weighted by Crippen LogP contribution is 2.27. The lowest BCUT2D eigenvalue weighted by molar-refractivity contribution is 0.0982. The lowest BCUT2D eigenvalue weighted by Crippen LogP contribution is -2.00. The highest BCUT2D eigenvalue weighted by Gasteiger charge is 2.17. The van der Waals surface area contributed by atoms with Gasteiger partial charge < -0.3 is 0 Å². The zero-order valence-electron chi connectivity index (χ0n) is 13.6. The summed E-state index contributed by atoms with van der Waals surface area (Å²) >= 11 is 1.57. The maximum atomic E-state index is 12.8.